The minimum absolute atomic E-state index is 0.163. The van der Waals surface area contributed by atoms with Gasteiger partial charge in [0.1, 0.15) is 5.82 Å². The van der Waals surface area contributed by atoms with Gasteiger partial charge in [0, 0.05) is 0 Å². The SMILES string of the molecule is Fc1ccc(N=C(Cl)C(F)(F)F)cc1Cl. The van der Waals surface area contributed by atoms with E-state index in [4.69, 9.17) is 23.2 Å². The summed E-state index contributed by atoms with van der Waals surface area (Å²) in [7, 11) is 0. The van der Waals surface area contributed by atoms with Crippen LogP contribution in [0.5, 0.6) is 0 Å². The molecular weight excluding hydrogens is 257 g/mol. The number of alkyl halides is 3. The van der Waals surface area contributed by atoms with E-state index >= 15 is 0 Å². The Bertz CT molecular complexity index is 400. The fraction of sp³-hybridized carbons (Fsp3) is 0.125. The highest BCUT2D eigenvalue weighted by atomic mass is 35.5. The smallest absolute Gasteiger partial charge is 0.232 e. The Balaban J connectivity index is 3.04. The van der Waals surface area contributed by atoms with E-state index in [1.807, 2.05) is 0 Å². The summed E-state index contributed by atoms with van der Waals surface area (Å²) in [6.07, 6.45) is -4.72. The van der Waals surface area contributed by atoms with Crippen LogP contribution in [0.1, 0.15) is 0 Å². The fourth-order valence-electron chi connectivity index (χ4n) is 0.731. The lowest BCUT2D eigenvalue weighted by atomic mass is 10.3. The van der Waals surface area contributed by atoms with E-state index in [9.17, 15) is 17.6 Å². The number of halogens is 6. The zero-order valence-corrected chi connectivity index (χ0v) is 8.46. The lowest BCUT2D eigenvalue weighted by Crippen LogP contribution is -2.16. The predicted molar refractivity (Wildman–Crippen MR) is 50.4 cm³/mol. The molecule has 0 atom stereocenters. The summed E-state index contributed by atoms with van der Waals surface area (Å²) in [5.41, 5.74) is -0.163. The van der Waals surface area contributed by atoms with E-state index < -0.39 is 17.2 Å². The van der Waals surface area contributed by atoms with Gasteiger partial charge in [-0.05, 0) is 18.2 Å². The molecule has 0 saturated carbocycles. The van der Waals surface area contributed by atoms with Crippen molar-refractivity contribution in [2.45, 2.75) is 6.18 Å². The molecule has 0 radical (unpaired) electrons. The molecule has 0 bridgehead atoms. The number of hydrogen-bond acceptors (Lipinski definition) is 1. The summed E-state index contributed by atoms with van der Waals surface area (Å²) in [6, 6.07) is 2.89. The molecule has 0 aliphatic rings. The van der Waals surface area contributed by atoms with Gasteiger partial charge in [-0.3, -0.25) is 0 Å². The Morgan fingerprint density at radius 3 is 2.33 bits per heavy atom. The van der Waals surface area contributed by atoms with Gasteiger partial charge in [0.25, 0.3) is 0 Å². The molecule has 0 fully saturated rings. The molecule has 1 nitrogen and oxygen atoms in total. The molecule has 1 rings (SSSR count). The summed E-state index contributed by atoms with van der Waals surface area (Å²) in [5, 5.41) is -1.85. The maximum atomic E-state index is 12.6. The molecule has 0 N–H and O–H groups in total. The van der Waals surface area contributed by atoms with E-state index in [1.165, 1.54) is 0 Å². The van der Waals surface area contributed by atoms with Crippen molar-refractivity contribution in [3.8, 4) is 0 Å². The van der Waals surface area contributed by atoms with Gasteiger partial charge in [-0.15, -0.1) is 0 Å². The highest BCUT2D eigenvalue weighted by Gasteiger charge is 2.34. The molecule has 82 valence electrons. The third-order valence-corrected chi connectivity index (χ3v) is 1.95. The normalized spacial score (nSPS) is 13.1. The molecule has 0 aromatic heterocycles. The van der Waals surface area contributed by atoms with Gasteiger partial charge >= 0.3 is 6.18 Å². The van der Waals surface area contributed by atoms with Crippen molar-refractivity contribution in [3.05, 3.63) is 29.0 Å². The van der Waals surface area contributed by atoms with Crippen LogP contribution in [0.3, 0.4) is 0 Å². The molecule has 0 amide bonds. The minimum Gasteiger partial charge on any atom is -0.232 e. The quantitative estimate of drug-likeness (QED) is 0.527. The van der Waals surface area contributed by atoms with Gasteiger partial charge in [-0.1, -0.05) is 23.2 Å². The van der Waals surface area contributed by atoms with Crippen molar-refractivity contribution in [2.24, 2.45) is 4.99 Å². The molecule has 1 aromatic carbocycles. The van der Waals surface area contributed by atoms with Crippen molar-refractivity contribution < 1.29 is 17.6 Å². The Kier molecular flexibility index (Phi) is 3.57. The van der Waals surface area contributed by atoms with E-state index in [2.05, 4.69) is 4.99 Å². The molecule has 0 aliphatic carbocycles. The maximum Gasteiger partial charge on any atom is 0.444 e. The van der Waals surface area contributed by atoms with Crippen LogP contribution in [0.2, 0.25) is 5.02 Å². The Hall–Kier alpha value is -0.810. The summed E-state index contributed by atoms with van der Waals surface area (Å²) in [6.45, 7) is 0. The van der Waals surface area contributed by atoms with Crippen LogP contribution in [0, 0.1) is 5.82 Å². The molecular formula is C8H3Cl2F4N. The van der Waals surface area contributed by atoms with E-state index in [1.54, 1.807) is 0 Å². The van der Waals surface area contributed by atoms with Gasteiger partial charge < -0.3 is 0 Å². The maximum absolute atomic E-state index is 12.6. The first-order valence-corrected chi connectivity index (χ1v) is 4.33. The van der Waals surface area contributed by atoms with Crippen LogP contribution in [0.15, 0.2) is 23.2 Å². The number of rotatable bonds is 1. The Morgan fingerprint density at radius 1 is 1.27 bits per heavy atom. The number of hydrogen-bond donors (Lipinski definition) is 0. The summed E-state index contributed by atoms with van der Waals surface area (Å²) < 4.78 is 48.5. The van der Waals surface area contributed by atoms with Gasteiger partial charge in [0.15, 0.2) is 0 Å². The number of aliphatic imine (C=N–C) groups is 1. The average molecular weight is 260 g/mol. The fourth-order valence-corrected chi connectivity index (χ4v) is 1.00. The van der Waals surface area contributed by atoms with Crippen LogP contribution >= 0.6 is 23.2 Å². The van der Waals surface area contributed by atoms with Crippen LogP contribution in [-0.4, -0.2) is 11.3 Å². The largest absolute Gasteiger partial charge is 0.444 e. The molecule has 0 unspecified atom stereocenters. The lowest BCUT2D eigenvalue weighted by Gasteiger charge is -2.03. The minimum atomic E-state index is -4.72. The van der Waals surface area contributed by atoms with E-state index in [-0.39, 0.29) is 10.7 Å². The van der Waals surface area contributed by atoms with Crippen molar-refractivity contribution in [2.75, 3.05) is 0 Å². The summed E-state index contributed by atoms with van der Waals surface area (Å²) >= 11 is 10.2. The second-order valence-corrected chi connectivity index (χ2v) is 3.26. The predicted octanol–water partition coefficient (Wildman–Crippen LogP) is 4.31. The average Bonchev–Trinajstić information content (AvgIpc) is 2.10. The van der Waals surface area contributed by atoms with Gasteiger partial charge in [-0.25, -0.2) is 9.38 Å². The Morgan fingerprint density at radius 2 is 1.87 bits per heavy atom. The second kappa shape index (κ2) is 4.37. The Labute approximate surface area is 92.3 Å². The highest BCUT2D eigenvalue weighted by molar-refractivity contribution is 6.67. The van der Waals surface area contributed by atoms with Crippen molar-refractivity contribution >= 4 is 34.1 Å². The number of nitrogens with zero attached hydrogens (tertiary/aromatic N) is 1. The van der Waals surface area contributed by atoms with Crippen LogP contribution in [0.25, 0.3) is 0 Å². The molecule has 0 heterocycles. The van der Waals surface area contributed by atoms with Crippen LogP contribution < -0.4 is 0 Å². The zero-order valence-electron chi connectivity index (χ0n) is 6.95. The first kappa shape index (κ1) is 12.3. The summed E-state index contributed by atoms with van der Waals surface area (Å²) in [5.74, 6) is -0.737. The van der Waals surface area contributed by atoms with E-state index in [0.717, 1.165) is 18.2 Å². The monoisotopic (exact) mass is 259 g/mol. The third kappa shape index (κ3) is 3.35. The standard InChI is InChI=1S/C8H3Cl2F4N/c9-5-3-4(1-2-6(5)11)15-7(10)8(12,13)14/h1-3H. The second-order valence-electron chi connectivity index (χ2n) is 2.50. The lowest BCUT2D eigenvalue weighted by molar-refractivity contribution is -0.0558. The molecule has 7 heteroatoms. The molecule has 1 aromatic rings. The summed E-state index contributed by atoms with van der Waals surface area (Å²) in [4.78, 5) is 3.04. The zero-order chi connectivity index (χ0) is 11.6. The highest BCUT2D eigenvalue weighted by Crippen LogP contribution is 2.26. The van der Waals surface area contributed by atoms with Gasteiger partial charge in [0.05, 0.1) is 10.7 Å². The van der Waals surface area contributed by atoms with Crippen molar-refractivity contribution in [3.63, 3.8) is 0 Å². The first-order valence-electron chi connectivity index (χ1n) is 3.57. The van der Waals surface area contributed by atoms with Crippen LogP contribution in [0.4, 0.5) is 23.2 Å². The molecule has 15 heavy (non-hydrogen) atoms. The van der Waals surface area contributed by atoms with Gasteiger partial charge in [-0.2, -0.15) is 13.2 Å². The first-order chi connectivity index (χ1) is 6.80. The third-order valence-electron chi connectivity index (χ3n) is 1.36. The van der Waals surface area contributed by atoms with E-state index in [0.29, 0.717) is 0 Å². The van der Waals surface area contributed by atoms with Gasteiger partial charge in [0.2, 0.25) is 5.17 Å². The van der Waals surface area contributed by atoms with Crippen molar-refractivity contribution in [1.82, 2.24) is 0 Å². The topological polar surface area (TPSA) is 12.4 Å². The van der Waals surface area contributed by atoms with Crippen LogP contribution in [-0.2, 0) is 0 Å². The molecule has 0 saturated heterocycles. The van der Waals surface area contributed by atoms with Crippen molar-refractivity contribution in [1.29, 1.82) is 0 Å². The number of benzene rings is 1. The molecule has 0 aliphatic heterocycles. The molecule has 0 spiro atoms.